The Morgan fingerprint density at radius 2 is 2.04 bits per heavy atom. The summed E-state index contributed by atoms with van der Waals surface area (Å²) in [6.07, 6.45) is 1.80. The number of rotatable bonds is 10. The van der Waals surface area contributed by atoms with Crippen LogP contribution in [0, 0.1) is 0 Å². The molecule has 0 aromatic heterocycles. The quantitative estimate of drug-likeness (QED) is 0.572. The van der Waals surface area contributed by atoms with E-state index >= 15 is 0 Å². The van der Waals surface area contributed by atoms with Gasteiger partial charge in [0.15, 0.2) is 18.1 Å². The molecule has 0 saturated heterocycles. The number of nitrogens with two attached hydrogens (primary N) is 1. The minimum atomic E-state index is -1.11. The fourth-order valence-corrected chi connectivity index (χ4v) is 2.31. The second-order valence-electron chi connectivity index (χ2n) is 5.25. The van der Waals surface area contributed by atoms with Crippen LogP contribution in [-0.4, -0.2) is 42.6 Å². The predicted octanol–water partition coefficient (Wildman–Crippen LogP) is 1.59. The topological polar surface area (TPSA) is 128 Å². The Morgan fingerprint density at radius 1 is 1.36 bits per heavy atom. The van der Waals surface area contributed by atoms with E-state index in [1.54, 1.807) is 0 Å². The minimum Gasteiger partial charge on any atom is -0.493 e. The molecule has 1 aromatic rings. The van der Waals surface area contributed by atoms with E-state index in [9.17, 15) is 19.5 Å². The molecule has 0 spiro atoms. The first-order valence-corrected chi connectivity index (χ1v) is 8.00. The first-order valence-electron chi connectivity index (χ1n) is 7.62. The summed E-state index contributed by atoms with van der Waals surface area (Å²) < 4.78 is 10.3. The van der Waals surface area contributed by atoms with E-state index in [2.05, 4.69) is 5.32 Å². The van der Waals surface area contributed by atoms with Crippen molar-refractivity contribution in [3.63, 3.8) is 0 Å². The SMILES string of the molecule is CCCC[C@H](NC(=O)c1cc(Cl)c(OCC(N)=O)c(OC)c1)C(=O)O. The molecule has 0 bridgehead atoms. The molecule has 0 fully saturated rings. The van der Waals surface area contributed by atoms with Gasteiger partial charge in [0, 0.05) is 5.56 Å². The van der Waals surface area contributed by atoms with E-state index in [0.29, 0.717) is 12.8 Å². The number of carboxylic acid groups (broad SMARTS) is 1. The summed E-state index contributed by atoms with van der Waals surface area (Å²) in [5, 5.41) is 11.7. The maximum Gasteiger partial charge on any atom is 0.326 e. The van der Waals surface area contributed by atoms with Crippen LogP contribution in [0.5, 0.6) is 11.5 Å². The molecule has 1 rings (SSSR count). The standard InChI is InChI=1S/C16H21ClN2O6/c1-3-4-5-11(16(22)23)19-15(21)9-6-10(17)14(12(7-9)24-2)25-8-13(18)20/h6-7,11H,3-5,8H2,1-2H3,(H2,18,20)(H,19,21)(H,22,23)/t11-/m0/s1. The van der Waals surface area contributed by atoms with Crippen molar-refractivity contribution in [2.45, 2.75) is 32.2 Å². The fraction of sp³-hybridized carbons (Fsp3) is 0.438. The third-order valence-electron chi connectivity index (χ3n) is 3.30. The zero-order valence-corrected chi connectivity index (χ0v) is 14.8. The highest BCUT2D eigenvalue weighted by Gasteiger charge is 2.22. The van der Waals surface area contributed by atoms with E-state index < -0.39 is 30.4 Å². The number of carbonyl (C=O) groups is 3. The number of benzene rings is 1. The Kier molecular flexibility index (Phi) is 8.00. The van der Waals surface area contributed by atoms with Gasteiger partial charge in [-0.25, -0.2) is 4.79 Å². The molecule has 0 heterocycles. The summed E-state index contributed by atoms with van der Waals surface area (Å²) in [5.74, 6) is -2.22. The number of nitrogens with one attached hydrogen (secondary N) is 1. The number of halogens is 1. The molecule has 2 amide bonds. The number of ether oxygens (including phenoxy) is 2. The molecule has 8 nitrogen and oxygen atoms in total. The van der Waals surface area contributed by atoms with Gasteiger partial charge in [-0.1, -0.05) is 31.4 Å². The Morgan fingerprint density at radius 3 is 2.56 bits per heavy atom. The number of amides is 2. The maximum absolute atomic E-state index is 12.3. The van der Waals surface area contributed by atoms with Crippen LogP contribution < -0.4 is 20.5 Å². The minimum absolute atomic E-state index is 0.0335. The molecule has 1 aromatic carbocycles. The Labute approximate surface area is 150 Å². The van der Waals surface area contributed by atoms with Gasteiger partial charge >= 0.3 is 5.97 Å². The number of hydrogen-bond donors (Lipinski definition) is 3. The fourth-order valence-electron chi connectivity index (χ4n) is 2.04. The van der Waals surface area contributed by atoms with Crippen molar-refractivity contribution in [1.82, 2.24) is 5.32 Å². The van der Waals surface area contributed by atoms with Crippen LogP contribution in [0.3, 0.4) is 0 Å². The third kappa shape index (κ3) is 6.15. The van der Waals surface area contributed by atoms with Gasteiger partial charge < -0.3 is 25.6 Å². The monoisotopic (exact) mass is 372 g/mol. The van der Waals surface area contributed by atoms with E-state index in [4.69, 9.17) is 26.8 Å². The van der Waals surface area contributed by atoms with Crippen molar-refractivity contribution >= 4 is 29.4 Å². The second kappa shape index (κ2) is 9.73. The summed E-state index contributed by atoms with van der Waals surface area (Å²) in [5.41, 5.74) is 5.12. The van der Waals surface area contributed by atoms with Crippen molar-refractivity contribution in [3.05, 3.63) is 22.7 Å². The van der Waals surface area contributed by atoms with Crippen LogP contribution in [0.4, 0.5) is 0 Å². The highest BCUT2D eigenvalue weighted by Crippen LogP contribution is 2.36. The van der Waals surface area contributed by atoms with E-state index in [1.807, 2.05) is 6.92 Å². The van der Waals surface area contributed by atoms with Gasteiger partial charge in [-0.2, -0.15) is 0 Å². The molecule has 9 heteroatoms. The summed E-state index contributed by atoms with van der Waals surface area (Å²) >= 11 is 6.07. The van der Waals surface area contributed by atoms with Gasteiger partial charge in [0.2, 0.25) is 0 Å². The summed E-state index contributed by atoms with van der Waals surface area (Å²) in [6, 6.07) is 1.65. The molecule has 0 aliphatic carbocycles. The van der Waals surface area contributed by atoms with Crippen molar-refractivity contribution in [2.24, 2.45) is 5.73 Å². The van der Waals surface area contributed by atoms with Gasteiger partial charge in [0.25, 0.3) is 11.8 Å². The van der Waals surface area contributed by atoms with Crippen LogP contribution in [0.1, 0.15) is 36.5 Å². The molecule has 0 unspecified atom stereocenters. The summed E-state index contributed by atoms with van der Waals surface area (Å²) in [6.45, 7) is 1.52. The number of hydrogen-bond acceptors (Lipinski definition) is 5. The molecule has 138 valence electrons. The van der Waals surface area contributed by atoms with E-state index in [1.165, 1.54) is 19.2 Å². The normalized spacial score (nSPS) is 11.5. The lowest BCUT2D eigenvalue weighted by molar-refractivity contribution is -0.139. The molecule has 0 radical (unpaired) electrons. The van der Waals surface area contributed by atoms with Crippen molar-refractivity contribution < 1.29 is 29.0 Å². The van der Waals surface area contributed by atoms with Crippen molar-refractivity contribution in [1.29, 1.82) is 0 Å². The number of aliphatic carboxylic acids is 1. The Bertz CT molecular complexity index is 650. The maximum atomic E-state index is 12.3. The zero-order chi connectivity index (χ0) is 19.0. The van der Waals surface area contributed by atoms with Gasteiger partial charge in [0.05, 0.1) is 12.1 Å². The zero-order valence-electron chi connectivity index (χ0n) is 14.0. The Balaban J connectivity index is 3.00. The van der Waals surface area contributed by atoms with Gasteiger partial charge in [0.1, 0.15) is 6.04 Å². The average Bonchev–Trinajstić information content (AvgIpc) is 2.55. The first kappa shape index (κ1) is 20.6. The van der Waals surface area contributed by atoms with Crippen LogP contribution in [-0.2, 0) is 9.59 Å². The molecular formula is C16H21ClN2O6. The predicted molar refractivity (Wildman–Crippen MR) is 91.1 cm³/mol. The average molecular weight is 373 g/mol. The smallest absolute Gasteiger partial charge is 0.326 e. The molecule has 25 heavy (non-hydrogen) atoms. The van der Waals surface area contributed by atoms with Crippen LogP contribution in [0.2, 0.25) is 5.02 Å². The first-order chi connectivity index (χ1) is 11.8. The highest BCUT2D eigenvalue weighted by atomic mass is 35.5. The van der Waals surface area contributed by atoms with E-state index in [-0.39, 0.29) is 22.1 Å². The van der Waals surface area contributed by atoms with Crippen molar-refractivity contribution in [2.75, 3.05) is 13.7 Å². The van der Waals surface area contributed by atoms with Gasteiger partial charge in [-0.15, -0.1) is 0 Å². The molecule has 0 aliphatic rings. The lowest BCUT2D eigenvalue weighted by Gasteiger charge is -2.16. The van der Waals surface area contributed by atoms with Gasteiger partial charge in [-0.3, -0.25) is 9.59 Å². The van der Waals surface area contributed by atoms with Crippen LogP contribution >= 0.6 is 11.6 Å². The molecule has 1 atom stereocenters. The van der Waals surface area contributed by atoms with Gasteiger partial charge in [-0.05, 0) is 18.6 Å². The number of carboxylic acids is 1. The summed E-state index contributed by atoms with van der Waals surface area (Å²) in [7, 11) is 1.34. The Hall–Kier alpha value is -2.48. The lowest BCUT2D eigenvalue weighted by Crippen LogP contribution is -2.40. The largest absolute Gasteiger partial charge is 0.493 e. The number of unbranched alkanes of at least 4 members (excludes halogenated alkanes) is 1. The third-order valence-corrected chi connectivity index (χ3v) is 3.58. The molecule has 4 N–H and O–H groups in total. The molecular weight excluding hydrogens is 352 g/mol. The number of methoxy groups -OCH3 is 1. The lowest BCUT2D eigenvalue weighted by atomic mass is 10.1. The van der Waals surface area contributed by atoms with Crippen LogP contribution in [0.25, 0.3) is 0 Å². The highest BCUT2D eigenvalue weighted by molar-refractivity contribution is 6.32. The van der Waals surface area contributed by atoms with Crippen molar-refractivity contribution in [3.8, 4) is 11.5 Å². The number of carbonyl (C=O) groups excluding carboxylic acids is 2. The number of primary amides is 1. The van der Waals surface area contributed by atoms with Crippen LogP contribution in [0.15, 0.2) is 12.1 Å². The van der Waals surface area contributed by atoms with E-state index in [0.717, 1.165) is 6.42 Å². The summed E-state index contributed by atoms with van der Waals surface area (Å²) in [4.78, 5) is 34.4. The second-order valence-corrected chi connectivity index (χ2v) is 5.66. The molecule has 0 saturated carbocycles. The molecule has 0 aliphatic heterocycles.